The fourth-order valence-corrected chi connectivity index (χ4v) is 3.66. The van der Waals surface area contributed by atoms with E-state index in [1.807, 2.05) is 48.5 Å². The molecule has 0 saturated carbocycles. The van der Waals surface area contributed by atoms with Crippen molar-refractivity contribution in [1.29, 1.82) is 0 Å². The molecule has 1 atom stereocenters. The van der Waals surface area contributed by atoms with Gasteiger partial charge in [-0.3, -0.25) is 4.79 Å². The first-order valence-electron chi connectivity index (χ1n) is 9.81. The Morgan fingerprint density at radius 2 is 2.00 bits per heavy atom. The highest BCUT2D eigenvalue weighted by Crippen LogP contribution is 2.28. The summed E-state index contributed by atoms with van der Waals surface area (Å²) in [5.74, 6) is 2.10. The summed E-state index contributed by atoms with van der Waals surface area (Å²) in [6.45, 7) is 4.29. The SMILES string of the molecule is C[C@@H]1CCCN(c2ccc3cccc(OCC(=O)Nc4ccccc4)c3n2)C1. The number of pyridine rings is 1. The van der Waals surface area contributed by atoms with Gasteiger partial charge in [0.25, 0.3) is 5.91 Å². The van der Waals surface area contributed by atoms with E-state index in [9.17, 15) is 4.79 Å². The van der Waals surface area contributed by atoms with Crippen LogP contribution in [0.2, 0.25) is 0 Å². The number of nitrogens with zero attached hydrogens (tertiary/aromatic N) is 2. The molecule has 28 heavy (non-hydrogen) atoms. The van der Waals surface area contributed by atoms with Gasteiger partial charge in [0.1, 0.15) is 17.1 Å². The Hall–Kier alpha value is -3.08. The second-order valence-corrected chi connectivity index (χ2v) is 7.39. The van der Waals surface area contributed by atoms with Crippen molar-refractivity contribution in [2.75, 3.05) is 29.9 Å². The highest BCUT2D eigenvalue weighted by atomic mass is 16.5. The third-order valence-electron chi connectivity index (χ3n) is 5.07. The highest BCUT2D eigenvalue weighted by Gasteiger charge is 2.18. The molecule has 4 rings (SSSR count). The highest BCUT2D eigenvalue weighted by molar-refractivity contribution is 5.92. The standard InChI is InChI=1S/C23H25N3O2/c1-17-7-6-14-26(15-17)21-13-12-18-8-5-11-20(23(18)25-21)28-16-22(27)24-19-9-3-2-4-10-19/h2-5,8-13,17H,6-7,14-16H2,1H3,(H,24,27)/t17-/m1/s1. The molecule has 0 bridgehead atoms. The van der Waals surface area contributed by atoms with E-state index in [-0.39, 0.29) is 12.5 Å². The van der Waals surface area contributed by atoms with Crippen LogP contribution in [-0.4, -0.2) is 30.6 Å². The summed E-state index contributed by atoms with van der Waals surface area (Å²) in [6, 6.07) is 19.3. The van der Waals surface area contributed by atoms with Crippen molar-refractivity contribution in [3.8, 4) is 5.75 Å². The Bertz CT molecular complexity index is 958. The molecule has 1 amide bonds. The minimum atomic E-state index is -0.191. The van der Waals surface area contributed by atoms with Crippen LogP contribution >= 0.6 is 0 Å². The van der Waals surface area contributed by atoms with Gasteiger partial charge in [0.2, 0.25) is 0 Å². The van der Waals surface area contributed by atoms with Crippen LogP contribution in [0.5, 0.6) is 5.75 Å². The van der Waals surface area contributed by atoms with Gasteiger partial charge in [0.15, 0.2) is 6.61 Å². The van der Waals surface area contributed by atoms with Gasteiger partial charge < -0.3 is 15.0 Å². The van der Waals surface area contributed by atoms with Crippen LogP contribution in [-0.2, 0) is 4.79 Å². The molecule has 144 valence electrons. The number of anilines is 2. The summed E-state index contributed by atoms with van der Waals surface area (Å²) in [7, 11) is 0. The Morgan fingerprint density at radius 1 is 1.14 bits per heavy atom. The van der Waals surface area contributed by atoms with Gasteiger partial charge in [-0.15, -0.1) is 0 Å². The maximum atomic E-state index is 12.2. The second kappa shape index (κ2) is 8.30. The number of rotatable bonds is 5. The molecule has 0 radical (unpaired) electrons. The number of benzene rings is 2. The number of carbonyl (C=O) groups is 1. The van der Waals surface area contributed by atoms with Crippen LogP contribution < -0.4 is 15.0 Å². The van der Waals surface area contributed by atoms with Gasteiger partial charge in [0.05, 0.1) is 0 Å². The molecule has 1 aromatic heterocycles. The van der Waals surface area contributed by atoms with E-state index >= 15 is 0 Å². The molecule has 2 heterocycles. The molecular formula is C23H25N3O2. The van der Waals surface area contributed by atoms with Crippen molar-refractivity contribution >= 4 is 28.3 Å². The van der Waals surface area contributed by atoms with Gasteiger partial charge >= 0.3 is 0 Å². The van der Waals surface area contributed by atoms with Crippen molar-refractivity contribution in [3.63, 3.8) is 0 Å². The number of nitrogens with one attached hydrogen (secondary N) is 1. The van der Waals surface area contributed by atoms with Crippen LogP contribution in [0, 0.1) is 5.92 Å². The largest absolute Gasteiger partial charge is 0.481 e. The number of hydrogen-bond donors (Lipinski definition) is 1. The molecule has 1 aliphatic rings. The predicted molar refractivity (Wildman–Crippen MR) is 113 cm³/mol. The van der Waals surface area contributed by atoms with Gasteiger partial charge in [-0.2, -0.15) is 0 Å². The van der Waals surface area contributed by atoms with Crippen molar-refractivity contribution in [2.45, 2.75) is 19.8 Å². The number of aromatic nitrogens is 1. The van der Waals surface area contributed by atoms with Gasteiger partial charge in [-0.05, 0) is 49.1 Å². The quantitative estimate of drug-likeness (QED) is 0.714. The number of para-hydroxylation sites is 2. The molecule has 0 aliphatic carbocycles. The van der Waals surface area contributed by atoms with E-state index in [2.05, 4.69) is 29.3 Å². The minimum Gasteiger partial charge on any atom is -0.481 e. The molecule has 1 aliphatic heterocycles. The number of carbonyl (C=O) groups excluding carboxylic acids is 1. The van der Waals surface area contributed by atoms with Gasteiger partial charge in [0, 0.05) is 24.2 Å². The molecule has 0 unspecified atom stereocenters. The van der Waals surface area contributed by atoms with E-state index in [0.29, 0.717) is 11.7 Å². The lowest BCUT2D eigenvalue weighted by Crippen LogP contribution is -2.34. The first kappa shape index (κ1) is 18.3. The summed E-state index contributed by atoms with van der Waals surface area (Å²) in [6.07, 6.45) is 2.47. The second-order valence-electron chi connectivity index (χ2n) is 7.39. The summed E-state index contributed by atoms with van der Waals surface area (Å²) < 4.78 is 5.82. The Morgan fingerprint density at radius 3 is 2.82 bits per heavy atom. The van der Waals surface area contributed by atoms with Crippen LogP contribution in [0.4, 0.5) is 11.5 Å². The number of fused-ring (bicyclic) bond motifs is 1. The third kappa shape index (κ3) is 4.25. The van der Waals surface area contributed by atoms with E-state index in [1.165, 1.54) is 12.8 Å². The summed E-state index contributed by atoms with van der Waals surface area (Å²) in [4.78, 5) is 19.4. The smallest absolute Gasteiger partial charge is 0.262 e. The molecule has 5 heteroatoms. The van der Waals surface area contributed by atoms with Crippen LogP contribution in [0.1, 0.15) is 19.8 Å². The minimum absolute atomic E-state index is 0.0549. The van der Waals surface area contributed by atoms with Crippen molar-refractivity contribution in [2.24, 2.45) is 5.92 Å². The van der Waals surface area contributed by atoms with Crippen LogP contribution in [0.25, 0.3) is 10.9 Å². The monoisotopic (exact) mass is 375 g/mol. The Kier molecular flexibility index (Phi) is 5.42. The number of hydrogen-bond acceptors (Lipinski definition) is 4. The normalized spacial score (nSPS) is 16.8. The first-order chi connectivity index (χ1) is 13.7. The average molecular weight is 375 g/mol. The van der Waals surface area contributed by atoms with Crippen molar-refractivity contribution < 1.29 is 9.53 Å². The number of ether oxygens (including phenoxy) is 1. The average Bonchev–Trinajstić information content (AvgIpc) is 2.72. The number of piperidine rings is 1. The fraction of sp³-hybridized carbons (Fsp3) is 0.304. The maximum Gasteiger partial charge on any atom is 0.262 e. The van der Waals surface area contributed by atoms with E-state index in [0.717, 1.165) is 35.5 Å². The van der Waals surface area contributed by atoms with E-state index < -0.39 is 0 Å². The van der Waals surface area contributed by atoms with Gasteiger partial charge in [-0.1, -0.05) is 37.3 Å². The Balaban J connectivity index is 1.50. The van der Waals surface area contributed by atoms with E-state index in [1.54, 1.807) is 0 Å². The van der Waals surface area contributed by atoms with E-state index in [4.69, 9.17) is 9.72 Å². The molecule has 2 aromatic carbocycles. The molecule has 3 aromatic rings. The summed E-state index contributed by atoms with van der Waals surface area (Å²) >= 11 is 0. The zero-order chi connectivity index (χ0) is 19.3. The van der Waals surface area contributed by atoms with Crippen LogP contribution in [0.3, 0.4) is 0 Å². The van der Waals surface area contributed by atoms with Crippen molar-refractivity contribution in [1.82, 2.24) is 4.98 Å². The van der Waals surface area contributed by atoms with Gasteiger partial charge in [-0.25, -0.2) is 4.98 Å². The molecule has 0 spiro atoms. The topological polar surface area (TPSA) is 54.5 Å². The Labute approximate surface area is 165 Å². The first-order valence-corrected chi connectivity index (χ1v) is 9.81. The lowest BCUT2D eigenvalue weighted by atomic mass is 10.0. The lowest BCUT2D eigenvalue weighted by molar-refractivity contribution is -0.118. The van der Waals surface area contributed by atoms with Crippen molar-refractivity contribution in [3.05, 3.63) is 60.7 Å². The molecule has 5 nitrogen and oxygen atoms in total. The summed E-state index contributed by atoms with van der Waals surface area (Å²) in [5.41, 5.74) is 1.55. The summed E-state index contributed by atoms with van der Waals surface area (Å²) in [5, 5.41) is 3.84. The fourth-order valence-electron chi connectivity index (χ4n) is 3.66. The molecule has 1 saturated heterocycles. The third-order valence-corrected chi connectivity index (χ3v) is 5.07. The molecule has 1 fully saturated rings. The number of amides is 1. The molecular weight excluding hydrogens is 350 g/mol. The van der Waals surface area contributed by atoms with Crippen LogP contribution in [0.15, 0.2) is 60.7 Å². The lowest BCUT2D eigenvalue weighted by Gasteiger charge is -2.32. The predicted octanol–water partition coefficient (Wildman–Crippen LogP) is 4.49. The molecule has 1 N–H and O–H groups in total. The zero-order valence-electron chi connectivity index (χ0n) is 16.1. The maximum absolute atomic E-state index is 12.2. The zero-order valence-corrected chi connectivity index (χ0v) is 16.1.